The van der Waals surface area contributed by atoms with Crippen molar-refractivity contribution in [2.45, 2.75) is 44.6 Å². The molecule has 3 aliphatic rings. The number of amides is 2. The predicted molar refractivity (Wildman–Crippen MR) is 96.8 cm³/mol. The highest BCUT2D eigenvalue weighted by molar-refractivity contribution is 5.91. The number of aromatic nitrogens is 4. The number of hydrogen-bond donors (Lipinski definition) is 1. The molecule has 0 spiro atoms. The molecule has 1 aliphatic heterocycles. The molecular formula is C19H24N6O2. The molecule has 142 valence electrons. The highest BCUT2D eigenvalue weighted by atomic mass is 16.2. The molecule has 8 heteroatoms. The summed E-state index contributed by atoms with van der Waals surface area (Å²) in [5, 5.41) is 7.31. The summed E-state index contributed by atoms with van der Waals surface area (Å²) in [5.41, 5.74) is 0. The average molecular weight is 368 g/mol. The van der Waals surface area contributed by atoms with Gasteiger partial charge in [-0.3, -0.25) is 9.59 Å². The van der Waals surface area contributed by atoms with Crippen LogP contribution >= 0.6 is 0 Å². The molecule has 1 saturated heterocycles. The van der Waals surface area contributed by atoms with Crippen molar-refractivity contribution >= 4 is 17.6 Å². The fraction of sp³-hybridized carbons (Fsp3) is 0.632. The van der Waals surface area contributed by atoms with Crippen LogP contribution in [0.5, 0.6) is 0 Å². The molecule has 2 aromatic heterocycles. The van der Waals surface area contributed by atoms with E-state index < -0.39 is 0 Å². The van der Waals surface area contributed by atoms with Gasteiger partial charge in [-0.25, -0.2) is 9.50 Å². The number of carbonyl (C=O) groups is 2. The average Bonchev–Trinajstić information content (AvgIpc) is 3.11. The molecule has 0 unspecified atom stereocenters. The Morgan fingerprint density at radius 1 is 1.11 bits per heavy atom. The Balaban J connectivity index is 1.30. The van der Waals surface area contributed by atoms with Crippen LogP contribution in [0.25, 0.3) is 5.78 Å². The van der Waals surface area contributed by atoms with Crippen LogP contribution in [0.15, 0.2) is 18.5 Å². The summed E-state index contributed by atoms with van der Waals surface area (Å²) >= 11 is 0. The quantitative estimate of drug-likeness (QED) is 0.878. The van der Waals surface area contributed by atoms with Gasteiger partial charge in [0.2, 0.25) is 11.7 Å². The Hall–Kier alpha value is -2.51. The third-order valence-corrected chi connectivity index (χ3v) is 6.24. The zero-order chi connectivity index (χ0) is 18.4. The third-order valence-electron chi connectivity index (χ3n) is 6.24. The number of fused-ring (bicyclic) bond motifs is 1. The lowest BCUT2D eigenvalue weighted by Crippen LogP contribution is -2.42. The molecule has 5 rings (SSSR count). The first-order valence-electron chi connectivity index (χ1n) is 9.96. The Morgan fingerprint density at radius 2 is 1.93 bits per heavy atom. The van der Waals surface area contributed by atoms with E-state index in [9.17, 15) is 9.59 Å². The van der Waals surface area contributed by atoms with Gasteiger partial charge in [0.25, 0.3) is 11.7 Å². The predicted octanol–water partition coefficient (Wildman–Crippen LogP) is 1.28. The molecular weight excluding hydrogens is 344 g/mol. The van der Waals surface area contributed by atoms with E-state index in [1.54, 1.807) is 18.5 Å². The lowest BCUT2D eigenvalue weighted by Gasteiger charge is -2.20. The molecule has 3 fully saturated rings. The second kappa shape index (κ2) is 6.58. The zero-order valence-electron chi connectivity index (χ0n) is 15.3. The van der Waals surface area contributed by atoms with Crippen molar-refractivity contribution < 1.29 is 9.59 Å². The molecule has 0 bridgehead atoms. The second-order valence-corrected chi connectivity index (χ2v) is 8.11. The van der Waals surface area contributed by atoms with Gasteiger partial charge in [0.05, 0.1) is 6.04 Å². The van der Waals surface area contributed by atoms with Gasteiger partial charge in [0.15, 0.2) is 0 Å². The minimum atomic E-state index is -0.286. The van der Waals surface area contributed by atoms with Gasteiger partial charge < -0.3 is 10.2 Å². The molecule has 2 saturated carbocycles. The largest absolute Gasteiger partial charge is 0.344 e. The first-order chi connectivity index (χ1) is 13.2. The Labute approximate surface area is 157 Å². The van der Waals surface area contributed by atoms with E-state index in [4.69, 9.17) is 0 Å². The molecule has 0 radical (unpaired) electrons. The fourth-order valence-electron chi connectivity index (χ4n) is 4.66. The van der Waals surface area contributed by atoms with Crippen molar-refractivity contribution in [1.29, 1.82) is 0 Å². The molecule has 27 heavy (non-hydrogen) atoms. The smallest absolute Gasteiger partial charge is 0.291 e. The molecule has 1 N–H and O–H groups in total. The summed E-state index contributed by atoms with van der Waals surface area (Å²) in [5.74, 6) is 1.68. The van der Waals surface area contributed by atoms with Crippen molar-refractivity contribution in [3.63, 3.8) is 0 Å². The maximum atomic E-state index is 12.8. The van der Waals surface area contributed by atoms with Gasteiger partial charge in [-0.05, 0) is 37.7 Å². The Bertz CT molecular complexity index is 837. The first-order valence-corrected chi connectivity index (χ1v) is 9.96. The Kier molecular flexibility index (Phi) is 4.06. The molecule has 2 aliphatic carbocycles. The highest BCUT2D eigenvalue weighted by Gasteiger charge is 2.45. The standard InChI is InChI=1S/C19H24N6O2/c26-17(16-22-19-20-8-3-9-25(19)23-16)21-15-11-24(10-14(15)12-6-7-12)18(27)13-4-1-2-5-13/h3,8-9,12-15H,1-2,4-7,10-11H2,(H,21,26)/t14-,15+/m1/s1. The van der Waals surface area contributed by atoms with E-state index in [0.717, 1.165) is 32.2 Å². The summed E-state index contributed by atoms with van der Waals surface area (Å²) in [6, 6.07) is 1.73. The van der Waals surface area contributed by atoms with Crippen LogP contribution in [-0.4, -0.2) is 55.4 Å². The van der Waals surface area contributed by atoms with E-state index >= 15 is 0 Å². The van der Waals surface area contributed by atoms with Gasteiger partial charge in [0.1, 0.15) is 0 Å². The summed E-state index contributed by atoms with van der Waals surface area (Å²) in [4.78, 5) is 35.8. The van der Waals surface area contributed by atoms with Crippen LogP contribution in [-0.2, 0) is 4.79 Å². The molecule has 2 aromatic rings. The zero-order valence-corrected chi connectivity index (χ0v) is 15.3. The van der Waals surface area contributed by atoms with Crippen LogP contribution < -0.4 is 5.32 Å². The number of hydrogen-bond acceptors (Lipinski definition) is 5. The number of rotatable bonds is 4. The van der Waals surface area contributed by atoms with Gasteiger partial charge >= 0.3 is 0 Å². The number of nitrogens with one attached hydrogen (secondary N) is 1. The van der Waals surface area contributed by atoms with Gasteiger partial charge in [-0.2, -0.15) is 4.98 Å². The van der Waals surface area contributed by atoms with E-state index in [-0.39, 0.29) is 29.6 Å². The van der Waals surface area contributed by atoms with E-state index in [1.807, 2.05) is 4.90 Å². The maximum Gasteiger partial charge on any atom is 0.291 e. The third kappa shape index (κ3) is 3.17. The molecule has 8 nitrogen and oxygen atoms in total. The van der Waals surface area contributed by atoms with Crippen LogP contribution in [0.2, 0.25) is 0 Å². The maximum absolute atomic E-state index is 12.8. The van der Waals surface area contributed by atoms with Gasteiger partial charge in [-0.1, -0.05) is 12.8 Å². The van der Waals surface area contributed by atoms with Gasteiger partial charge in [0, 0.05) is 37.3 Å². The van der Waals surface area contributed by atoms with Crippen molar-refractivity contribution in [1.82, 2.24) is 29.8 Å². The normalized spacial score (nSPS) is 26.0. The summed E-state index contributed by atoms with van der Waals surface area (Å²) < 4.78 is 1.50. The summed E-state index contributed by atoms with van der Waals surface area (Å²) in [6.45, 7) is 1.37. The lowest BCUT2D eigenvalue weighted by molar-refractivity contribution is -0.134. The molecule has 0 aromatic carbocycles. The number of nitrogens with zero attached hydrogens (tertiary/aromatic N) is 5. The fourth-order valence-corrected chi connectivity index (χ4v) is 4.66. The molecule has 2 atom stereocenters. The van der Waals surface area contributed by atoms with Crippen molar-refractivity contribution in [2.75, 3.05) is 13.1 Å². The highest BCUT2D eigenvalue weighted by Crippen LogP contribution is 2.42. The van der Waals surface area contributed by atoms with Crippen LogP contribution in [0, 0.1) is 17.8 Å². The monoisotopic (exact) mass is 368 g/mol. The van der Waals surface area contributed by atoms with Crippen LogP contribution in [0.1, 0.15) is 49.1 Å². The first kappa shape index (κ1) is 16.6. The van der Waals surface area contributed by atoms with Gasteiger partial charge in [-0.15, -0.1) is 5.10 Å². The minimum absolute atomic E-state index is 0.0186. The van der Waals surface area contributed by atoms with Crippen molar-refractivity contribution in [3.8, 4) is 0 Å². The molecule has 2 amide bonds. The van der Waals surface area contributed by atoms with Crippen molar-refractivity contribution in [2.24, 2.45) is 17.8 Å². The number of likely N-dealkylation sites (tertiary alicyclic amines) is 1. The minimum Gasteiger partial charge on any atom is -0.344 e. The molecule has 3 heterocycles. The summed E-state index contributed by atoms with van der Waals surface area (Å²) in [6.07, 6.45) is 10.1. The van der Waals surface area contributed by atoms with E-state index in [0.29, 0.717) is 24.2 Å². The van der Waals surface area contributed by atoms with Crippen LogP contribution in [0.4, 0.5) is 0 Å². The Morgan fingerprint density at radius 3 is 2.67 bits per heavy atom. The number of carbonyl (C=O) groups excluding carboxylic acids is 2. The van der Waals surface area contributed by atoms with E-state index in [2.05, 4.69) is 20.4 Å². The van der Waals surface area contributed by atoms with E-state index in [1.165, 1.54) is 17.4 Å². The SMILES string of the molecule is O=C(N[C@H]1CN(C(=O)C2CCCC2)C[C@@H]1C1CC1)c1nc2ncccn2n1. The summed E-state index contributed by atoms with van der Waals surface area (Å²) in [7, 11) is 0. The lowest BCUT2D eigenvalue weighted by atomic mass is 9.98. The topological polar surface area (TPSA) is 92.5 Å². The van der Waals surface area contributed by atoms with Crippen molar-refractivity contribution in [3.05, 3.63) is 24.3 Å². The second-order valence-electron chi connectivity index (χ2n) is 8.11. The van der Waals surface area contributed by atoms with Crippen LogP contribution in [0.3, 0.4) is 0 Å².